The van der Waals surface area contributed by atoms with Crippen molar-refractivity contribution in [3.8, 4) is 11.5 Å². The first-order valence-corrected chi connectivity index (χ1v) is 8.32. The SMILES string of the molecule is CN(C)c1ccc(NC(=O)NCCc2ccc3c(c2)OCCO3)cc1. The minimum Gasteiger partial charge on any atom is -0.486 e. The normalized spacial score (nSPS) is 12.4. The Morgan fingerprint density at radius 3 is 2.48 bits per heavy atom. The fraction of sp³-hybridized carbons (Fsp3) is 0.316. The monoisotopic (exact) mass is 341 g/mol. The zero-order valence-corrected chi connectivity index (χ0v) is 14.5. The van der Waals surface area contributed by atoms with Gasteiger partial charge in [-0.05, 0) is 48.4 Å². The summed E-state index contributed by atoms with van der Waals surface area (Å²) in [5.74, 6) is 1.55. The number of rotatable bonds is 5. The number of nitrogens with zero attached hydrogens (tertiary/aromatic N) is 1. The highest BCUT2D eigenvalue weighted by Crippen LogP contribution is 2.30. The largest absolute Gasteiger partial charge is 0.486 e. The number of benzene rings is 2. The molecule has 25 heavy (non-hydrogen) atoms. The fourth-order valence-corrected chi connectivity index (χ4v) is 2.58. The van der Waals surface area contributed by atoms with E-state index in [1.807, 2.05) is 61.5 Å². The lowest BCUT2D eigenvalue weighted by atomic mass is 10.1. The summed E-state index contributed by atoms with van der Waals surface area (Å²) in [5.41, 5.74) is 2.95. The van der Waals surface area contributed by atoms with Crippen molar-refractivity contribution >= 4 is 17.4 Å². The maximum atomic E-state index is 12.0. The van der Waals surface area contributed by atoms with Crippen LogP contribution in [-0.2, 0) is 6.42 Å². The van der Waals surface area contributed by atoms with Crippen molar-refractivity contribution < 1.29 is 14.3 Å². The van der Waals surface area contributed by atoms with E-state index in [0.29, 0.717) is 19.8 Å². The van der Waals surface area contributed by atoms with Crippen molar-refractivity contribution in [3.63, 3.8) is 0 Å². The molecule has 6 nitrogen and oxygen atoms in total. The third-order valence-electron chi connectivity index (χ3n) is 3.95. The summed E-state index contributed by atoms with van der Waals surface area (Å²) in [7, 11) is 3.96. The number of amides is 2. The predicted octanol–water partition coefficient (Wildman–Crippen LogP) is 2.89. The van der Waals surface area contributed by atoms with Gasteiger partial charge in [-0.2, -0.15) is 0 Å². The quantitative estimate of drug-likeness (QED) is 0.878. The number of hydrogen-bond acceptors (Lipinski definition) is 4. The van der Waals surface area contributed by atoms with Crippen molar-refractivity contribution in [3.05, 3.63) is 48.0 Å². The first kappa shape index (κ1) is 17.0. The summed E-state index contributed by atoms with van der Waals surface area (Å²) in [5, 5.41) is 5.70. The zero-order valence-electron chi connectivity index (χ0n) is 14.5. The van der Waals surface area contributed by atoms with Crippen molar-refractivity contribution in [2.45, 2.75) is 6.42 Å². The predicted molar refractivity (Wildman–Crippen MR) is 98.9 cm³/mol. The Kier molecular flexibility index (Phi) is 5.28. The van der Waals surface area contributed by atoms with Gasteiger partial charge in [0, 0.05) is 32.0 Å². The molecule has 0 unspecified atom stereocenters. The molecular formula is C19H23N3O3. The van der Waals surface area contributed by atoms with Gasteiger partial charge in [-0.15, -0.1) is 0 Å². The van der Waals surface area contributed by atoms with E-state index in [4.69, 9.17) is 9.47 Å². The van der Waals surface area contributed by atoms with E-state index < -0.39 is 0 Å². The number of anilines is 2. The molecule has 0 radical (unpaired) electrons. The average molecular weight is 341 g/mol. The van der Waals surface area contributed by atoms with Gasteiger partial charge in [0.15, 0.2) is 11.5 Å². The molecule has 2 aromatic rings. The molecule has 1 aliphatic heterocycles. The number of carbonyl (C=O) groups is 1. The van der Waals surface area contributed by atoms with Gasteiger partial charge in [0.25, 0.3) is 0 Å². The molecule has 0 saturated heterocycles. The number of carbonyl (C=O) groups excluding carboxylic acids is 1. The van der Waals surface area contributed by atoms with Crippen LogP contribution in [0.4, 0.5) is 16.2 Å². The Bertz CT molecular complexity index is 729. The highest BCUT2D eigenvalue weighted by Gasteiger charge is 2.11. The molecule has 1 aliphatic rings. The van der Waals surface area contributed by atoms with Gasteiger partial charge in [0.2, 0.25) is 0 Å². The van der Waals surface area contributed by atoms with Crippen LogP contribution in [0.1, 0.15) is 5.56 Å². The maximum Gasteiger partial charge on any atom is 0.319 e. The third kappa shape index (κ3) is 4.56. The minimum absolute atomic E-state index is 0.213. The van der Waals surface area contributed by atoms with Crippen molar-refractivity contribution in [1.82, 2.24) is 5.32 Å². The van der Waals surface area contributed by atoms with Crippen molar-refractivity contribution in [1.29, 1.82) is 0 Å². The van der Waals surface area contributed by atoms with Crippen LogP contribution in [0, 0.1) is 0 Å². The van der Waals surface area contributed by atoms with Crippen LogP contribution in [0.5, 0.6) is 11.5 Å². The maximum absolute atomic E-state index is 12.0. The van der Waals surface area contributed by atoms with Crippen LogP contribution in [-0.4, -0.2) is 39.9 Å². The number of hydrogen-bond donors (Lipinski definition) is 2. The first-order valence-electron chi connectivity index (χ1n) is 8.32. The Morgan fingerprint density at radius 2 is 1.76 bits per heavy atom. The Morgan fingerprint density at radius 1 is 1.04 bits per heavy atom. The van der Waals surface area contributed by atoms with Crippen LogP contribution in [0.15, 0.2) is 42.5 Å². The van der Waals surface area contributed by atoms with Gasteiger partial charge in [0.1, 0.15) is 13.2 Å². The van der Waals surface area contributed by atoms with E-state index in [9.17, 15) is 4.79 Å². The topological polar surface area (TPSA) is 62.8 Å². The smallest absolute Gasteiger partial charge is 0.319 e. The molecule has 0 bridgehead atoms. The standard InChI is InChI=1S/C19H23N3O3/c1-22(2)16-6-4-15(5-7-16)21-19(23)20-10-9-14-3-8-17-18(13-14)25-12-11-24-17/h3-8,13H,9-12H2,1-2H3,(H2,20,21,23). The van der Waals surface area contributed by atoms with E-state index in [1.165, 1.54) is 0 Å². The van der Waals surface area contributed by atoms with Crippen LogP contribution >= 0.6 is 0 Å². The highest BCUT2D eigenvalue weighted by molar-refractivity contribution is 5.89. The van der Waals surface area contributed by atoms with Crippen LogP contribution in [0.2, 0.25) is 0 Å². The lowest BCUT2D eigenvalue weighted by Crippen LogP contribution is -2.30. The molecule has 132 valence electrons. The number of fused-ring (bicyclic) bond motifs is 1. The zero-order chi connectivity index (χ0) is 17.6. The Labute approximate surface area is 147 Å². The second kappa shape index (κ2) is 7.79. The molecule has 3 rings (SSSR count). The van der Waals surface area contributed by atoms with Gasteiger partial charge >= 0.3 is 6.03 Å². The molecule has 2 N–H and O–H groups in total. The molecule has 6 heteroatoms. The molecule has 0 spiro atoms. The minimum atomic E-state index is -0.213. The van der Waals surface area contributed by atoms with E-state index >= 15 is 0 Å². The van der Waals surface area contributed by atoms with Gasteiger partial charge in [-0.25, -0.2) is 4.79 Å². The van der Waals surface area contributed by atoms with E-state index in [2.05, 4.69) is 10.6 Å². The van der Waals surface area contributed by atoms with Crippen molar-refractivity contribution in [2.75, 3.05) is 44.1 Å². The fourth-order valence-electron chi connectivity index (χ4n) is 2.58. The molecule has 0 fully saturated rings. The Hall–Kier alpha value is -2.89. The molecular weight excluding hydrogens is 318 g/mol. The molecule has 0 saturated carbocycles. The summed E-state index contributed by atoms with van der Waals surface area (Å²) in [6.07, 6.45) is 0.726. The summed E-state index contributed by atoms with van der Waals surface area (Å²) >= 11 is 0. The second-order valence-corrected chi connectivity index (χ2v) is 6.05. The van der Waals surface area contributed by atoms with Crippen LogP contribution < -0.4 is 25.0 Å². The molecule has 1 heterocycles. The van der Waals surface area contributed by atoms with Crippen LogP contribution in [0.25, 0.3) is 0 Å². The van der Waals surface area contributed by atoms with E-state index in [-0.39, 0.29) is 6.03 Å². The highest BCUT2D eigenvalue weighted by atomic mass is 16.6. The number of nitrogens with one attached hydrogen (secondary N) is 2. The van der Waals surface area contributed by atoms with Gasteiger partial charge in [0.05, 0.1) is 0 Å². The molecule has 2 amide bonds. The summed E-state index contributed by atoms with van der Waals surface area (Å²) in [4.78, 5) is 14.0. The third-order valence-corrected chi connectivity index (χ3v) is 3.95. The summed E-state index contributed by atoms with van der Waals surface area (Å²) in [6, 6.07) is 13.4. The van der Waals surface area contributed by atoms with Crippen molar-refractivity contribution in [2.24, 2.45) is 0 Å². The molecule has 0 aromatic heterocycles. The summed E-state index contributed by atoms with van der Waals surface area (Å²) in [6.45, 7) is 1.70. The average Bonchev–Trinajstić information content (AvgIpc) is 2.62. The molecule has 2 aromatic carbocycles. The second-order valence-electron chi connectivity index (χ2n) is 6.05. The number of urea groups is 1. The Balaban J connectivity index is 1.46. The molecule has 0 atom stereocenters. The van der Waals surface area contributed by atoms with Gasteiger partial charge in [-0.1, -0.05) is 6.07 Å². The lowest BCUT2D eigenvalue weighted by molar-refractivity contribution is 0.171. The van der Waals surface area contributed by atoms with Gasteiger partial charge < -0.3 is 25.0 Å². The van der Waals surface area contributed by atoms with Crippen LogP contribution in [0.3, 0.4) is 0 Å². The lowest BCUT2D eigenvalue weighted by Gasteiger charge is -2.19. The first-order chi connectivity index (χ1) is 12.1. The van der Waals surface area contributed by atoms with E-state index in [0.717, 1.165) is 34.9 Å². The van der Waals surface area contributed by atoms with Gasteiger partial charge in [-0.3, -0.25) is 0 Å². The number of ether oxygens (including phenoxy) is 2. The molecule has 0 aliphatic carbocycles. The van der Waals surface area contributed by atoms with E-state index in [1.54, 1.807) is 0 Å². The summed E-state index contributed by atoms with van der Waals surface area (Å²) < 4.78 is 11.1.